The van der Waals surface area contributed by atoms with Crippen molar-refractivity contribution >= 4 is 11.9 Å². The molecule has 0 saturated carbocycles. The van der Waals surface area contributed by atoms with Crippen molar-refractivity contribution in [1.82, 2.24) is 4.90 Å². The molecule has 20 heavy (non-hydrogen) atoms. The maximum atomic E-state index is 12.1. The van der Waals surface area contributed by atoms with Gasteiger partial charge in [-0.15, -0.1) is 0 Å². The van der Waals surface area contributed by atoms with Crippen LogP contribution in [0, 0.1) is 0 Å². The van der Waals surface area contributed by atoms with E-state index in [1.54, 1.807) is 4.90 Å². The average molecular weight is 277 g/mol. The quantitative estimate of drug-likeness (QED) is 0.767. The van der Waals surface area contributed by atoms with Crippen LogP contribution in [0.1, 0.15) is 19.3 Å². The highest BCUT2D eigenvalue weighted by molar-refractivity contribution is 5.85. The van der Waals surface area contributed by atoms with Crippen LogP contribution in [-0.4, -0.2) is 43.1 Å². The highest BCUT2D eigenvalue weighted by Gasteiger charge is 2.34. The zero-order valence-electron chi connectivity index (χ0n) is 11.6. The lowest BCUT2D eigenvalue weighted by atomic mass is 10.2. The Kier molecular flexibility index (Phi) is 4.98. The normalized spacial score (nSPS) is 17.9. The van der Waals surface area contributed by atoms with E-state index in [0.717, 1.165) is 12.2 Å². The molecule has 5 nitrogen and oxygen atoms in total. The standard InChI is InChI=1S/C15H19NO4/c1-19-15(18)13-8-5-10-16(13)14(17)9-11-20-12-6-3-2-4-7-12/h2-4,6-7,13H,5,8-11H2,1H3/t13-/m0/s1. The van der Waals surface area contributed by atoms with Crippen molar-refractivity contribution in [3.05, 3.63) is 30.3 Å². The molecule has 1 atom stereocenters. The summed E-state index contributed by atoms with van der Waals surface area (Å²) in [5, 5.41) is 0. The summed E-state index contributed by atoms with van der Waals surface area (Å²) in [6, 6.07) is 8.93. The number of hydrogen-bond donors (Lipinski definition) is 0. The number of rotatable bonds is 5. The van der Waals surface area contributed by atoms with E-state index >= 15 is 0 Å². The SMILES string of the molecule is COC(=O)[C@@H]1CCCN1C(=O)CCOc1ccccc1. The van der Waals surface area contributed by atoms with Gasteiger partial charge in [-0.3, -0.25) is 4.79 Å². The van der Waals surface area contributed by atoms with Gasteiger partial charge in [-0.2, -0.15) is 0 Å². The van der Waals surface area contributed by atoms with Gasteiger partial charge in [0.1, 0.15) is 11.8 Å². The first kappa shape index (κ1) is 14.4. The number of esters is 1. The smallest absolute Gasteiger partial charge is 0.328 e. The van der Waals surface area contributed by atoms with Gasteiger partial charge in [0, 0.05) is 6.54 Å². The zero-order valence-corrected chi connectivity index (χ0v) is 11.6. The number of hydrogen-bond acceptors (Lipinski definition) is 4. The molecule has 0 aromatic heterocycles. The highest BCUT2D eigenvalue weighted by atomic mass is 16.5. The van der Waals surface area contributed by atoms with Crippen LogP contribution in [0.5, 0.6) is 5.75 Å². The molecule has 1 saturated heterocycles. The largest absolute Gasteiger partial charge is 0.493 e. The van der Waals surface area contributed by atoms with Gasteiger partial charge < -0.3 is 14.4 Å². The van der Waals surface area contributed by atoms with Crippen LogP contribution in [-0.2, 0) is 14.3 Å². The summed E-state index contributed by atoms with van der Waals surface area (Å²) in [6.45, 7) is 0.928. The predicted molar refractivity (Wildman–Crippen MR) is 73.3 cm³/mol. The van der Waals surface area contributed by atoms with Crippen molar-refractivity contribution in [1.29, 1.82) is 0 Å². The second-order valence-corrected chi connectivity index (χ2v) is 4.68. The molecule has 5 heteroatoms. The van der Waals surface area contributed by atoms with E-state index in [-0.39, 0.29) is 18.3 Å². The fraction of sp³-hybridized carbons (Fsp3) is 0.467. The number of benzene rings is 1. The Labute approximate surface area is 118 Å². The van der Waals surface area contributed by atoms with Crippen molar-refractivity contribution < 1.29 is 19.1 Å². The minimum Gasteiger partial charge on any atom is -0.493 e. The molecule has 1 aliphatic rings. The first-order valence-corrected chi connectivity index (χ1v) is 6.77. The Morgan fingerprint density at radius 1 is 1.30 bits per heavy atom. The van der Waals surface area contributed by atoms with Gasteiger partial charge in [0.15, 0.2) is 0 Å². The molecule has 0 bridgehead atoms. The molecule has 0 unspecified atom stereocenters. The maximum Gasteiger partial charge on any atom is 0.328 e. The van der Waals surface area contributed by atoms with Crippen molar-refractivity contribution in [2.75, 3.05) is 20.3 Å². The van der Waals surface area contributed by atoms with Crippen molar-refractivity contribution in [3.8, 4) is 5.75 Å². The molecular weight excluding hydrogens is 258 g/mol. The van der Waals surface area contributed by atoms with Crippen LogP contribution in [0.3, 0.4) is 0 Å². The van der Waals surface area contributed by atoms with Crippen LogP contribution in [0.2, 0.25) is 0 Å². The van der Waals surface area contributed by atoms with Gasteiger partial charge >= 0.3 is 5.97 Å². The molecule has 1 fully saturated rings. The summed E-state index contributed by atoms with van der Waals surface area (Å²) < 4.78 is 10.2. The molecule has 108 valence electrons. The van der Waals surface area contributed by atoms with Gasteiger partial charge in [-0.1, -0.05) is 18.2 Å². The van der Waals surface area contributed by atoms with Gasteiger partial charge in [0.05, 0.1) is 20.1 Å². The molecule has 1 aliphatic heterocycles. The molecule has 1 heterocycles. The molecule has 0 radical (unpaired) electrons. The summed E-state index contributed by atoms with van der Waals surface area (Å²) in [5.41, 5.74) is 0. The van der Waals surface area contributed by atoms with E-state index in [9.17, 15) is 9.59 Å². The Morgan fingerprint density at radius 2 is 2.05 bits per heavy atom. The summed E-state index contributed by atoms with van der Waals surface area (Å²) in [4.78, 5) is 25.3. The average Bonchev–Trinajstić information content (AvgIpc) is 2.97. The number of para-hydroxylation sites is 1. The number of carbonyl (C=O) groups is 2. The van der Waals surface area contributed by atoms with E-state index in [0.29, 0.717) is 19.6 Å². The zero-order chi connectivity index (χ0) is 14.4. The van der Waals surface area contributed by atoms with E-state index in [2.05, 4.69) is 0 Å². The third-order valence-corrected chi connectivity index (χ3v) is 3.37. The third kappa shape index (κ3) is 3.50. The lowest BCUT2D eigenvalue weighted by Crippen LogP contribution is -2.41. The van der Waals surface area contributed by atoms with Gasteiger partial charge in [0.25, 0.3) is 0 Å². The molecule has 2 rings (SSSR count). The second kappa shape index (κ2) is 6.93. The van der Waals surface area contributed by atoms with Gasteiger partial charge in [0.2, 0.25) is 5.91 Å². The Morgan fingerprint density at radius 3 is 2.75 bits per heavy atom. The molecule has 0 aliphatic carbocycles. The summed E-state index contributed by atoms with van der Waals surface area (Å²) in [6.07, 6.45) is 1.78. The molecule has 0 N–H and O–H groups in total. The minimum atomic E-state index is -0.427. The first-order chi connectivity index (χ1) is 9.72. The van der Waals surface area contributed by atoms with Crippen LogP contribution in [0.25, 0.3) is 0 Å². The van der Waals surface area contributed by atoms with Crippen molar-refractivity contribution in [3.63, 3.8) is 0 Å². The topological polar surface area (TPSA) is 55.8 Å². The van der Waals surface area contributed by atoms with E-state index in [1.807, 2.05) is 30.3 Å². The lowest BCUT2D eigenvalue weighted by Gasteiger charge is -2.22. The van der Waals surface area contributed by atoms with Crippen molar-refractivity contribution in [2.24, 2.45) is 0 Å². The van der Waals surface area contributed by atoms with Crippen molar-refractivity contribution in [2.45, 2.75) is 25.3 Å². The summed E-state index contributed by atoms with van der Waals surface area (Å²) in [5.74, 6) is 0.347. The highest BCUT2D eigenvalue weighted by Crippen LogP contribution is 2.19. The number of likely N-dealkylation sites (tertiary alicyclic amines) is 1. The Hall–Kier alpha value is -2.04. The Bertz CT molecular complexity index is 460. The Balaban J connectivity index is 1.81. The lowest BCUT2D eigenvalue weighted by molar-refractivity contribution is -0.151. The number of nitrogens with zero attached hydrogens (tertiary/aromatic N) is 1. The summed E-state index contributed by atoms with van der Waals surface area (Å²) in [7, 11) is 1.35. The van der Waals surface area contributed by atoms with Crippen LogP contribution in [0.15, 0.2) is 30.3 Å². The molecule has 0 spiro atoms. The second-order valence-electron chi connectivity index (χ2n) is 4.68. The predicted octanol–water partition coefficient (Wildman–Crippen LogP) is 1.62. The number of ether oxygens (including phenoxy) is 2. The van der Waals surface area contributed by atoms with Crippen LogP contribution < -0.4 is 4.74 Å². The van der Waals surface area contributed by atoms with E-state index in [1.165, 1.54) is 7.11 Å². The van der Waals surface area contributed by atoms with Gasteiger partial charge in [-0.25, -0.2) is 4.79 Å². The molecular formula is C15H19NO4. The molecule has 1 aromatic carbocycles. The monoisotopic (exact) mass is 277 g/mol. The minimum absolute atomic E-state index is 0.0613. The fourth-order valence-electron chi connectivity index (χ4n) is 2.36. The summed E-state index contributed by atoms with van der Waals surface area (Å²) >= 11 is 0. The molecule has 1 aromatic rings. The van der Waals surface area contributed by atoms with Crippen LogP contribution >= 0.6 is 0 Å². The third-order valence-electron chi connectivity index (χ3n) is 3.37. The van der Waals surface area contributed by atoms with E-state index < -0.39 is 6.04 Å². The number of carbonyl (C=O) groups excluding carboxylic acids is 2. The number of amides is 1. The molecule has 1 amide bonds. The number of methoxy groups -OCH3 is 1. The first-order valence-electron chi connectivity index (χ1n) is 6.77. The fourth-order valence-corrected chi connectivity index (χ4v) is 2.36. The van der Waals surface area contributed by atoms with Gasteiger partial charge in [-0.05, 0) is 25.0 Å². The maximum absolute atomic E-state index is 12.1. The van der Waals surface area contributed by atoms with Crippen LogP contribution in [0.4, 0.5) is 0 Å². The van der Waals surface area contributed by atoms with E-state index in [4.69, 9.17) is 9.47 Å².